The van der Waals surface area contributed by atoms with E-state index in [-0.39, 0.29) is 5.69 Å². The average molecular weight is 519 g/mol. The quantitative estimate of drug-likeness (QED) is 0.191. The summed E-state index contributed by atoms with van der Waals surface area (Å²) in [6.45, 7) is 9.81. The minimum absolute atomic E-state index is 0.0412. The van der Waals surface area contributed by atoms with E-state index in [9.17, 15) is 14.4 Å². The maximum atomic E-state index is 13.0. The topological polar surface area (TPSA) is 98.1 Å². The van der Waals surface area contributed by atoms with Gasteiger partial charge in [0, 0.05) is 35.9 Å². The molecule has 1 atom stereocenters. The average Bonchev–Trinajstić information content (AvgIpc) is 3.28. The van der Waals surface area contributed by atoms with E-state index in [0.29, 0.717) is 52.5 Å². The summed E-state index contributed by atoms with van der Waals surface area (Å²) < 4.78 is 17.0. The van der Waals surface area contributed by atoms with Crippen LogP contribution in [0.3, 0.4) is 0 Å². The summed E-state index contributed by atoms with van der Waals surface area (Å²) >= 11 is 0. The van der Waals surface area contributed by atoms with Gasteiger partial charge in [0.2, 0.25) is 0 Å². The molecule has 1 fully saturated rings. The smallest absolute Gasteiger partial charge is 0.360 e. The number of hydrogen-bond acceptors (Lipinski definition) is 7. The fraction of sp³-hybridized carbons (Fsp3) is 0.367. The van der Waals surface area contributed by atoms with Gasteiger partial charge < -0.3 is 24.1 Å². The zero-order valence-electron chi connectivity index (χ0n) is 22.6. The highest BCUT2D eigenvalue weighted by molar-refractivity contribution is 6.05. The number of nitrogens with zero attached hydrogens (tertiary/aromatic N) is 1. The molecule has 0 saturated carbocycles. The molecule has 3 aromatic rings. The Morgan fingerprint density at radius 3 is 2.58 bits per heavy atom. The highest BCUT2D eigenvalue weighted by Crippen LogP contribution is 2.29. The van der Waals surface area contributed by atoms with Gasteiger partial charge in [-0.25, -0.2) is 4.79 Å². The van der Waals surface area contributed by atoms with E-state index in [4.69, 9.17) is 13.9 Å². The summed E-state index contributed by atoms with van der Waals surface area (Å²) in [4.78, 5) is 39.6. The molecule has 0 aliphatic carbocycles. The number of likely N-dealkylation sites (tertiary alicyclic amines) is 1. The van der Waals surface area contributed by atoms with Crippen LogP contribution < -0.4 is 20.4 Å². The largest absolute Gasteiger partial charge is 0.493 e. The van der Waals surface area contributed by atoms with Crippen LogP contribution in [0.2, 0.25) is 0 Å². The predicted molar refractivity (Wildman–Crippen MR) is 147 cm³/mol. The highest BCUT2D eigenvalue weighted by atomic mass is 16.5. The normalized spacial score (nSPS) is 15.3. The minimum Gasteiger partial charge on any atom is -0.493 e. The Labute approximate surface area is 222 Å². The molecule has 1 amide bonds. The monoisotopic (exact) mass is 518 g/mol. The molecule has 0 spiro atoms. The van der Waals surface area contributed by atoms with E-state index in [0.717, 1.165) is 30.6 Å². The molecule has 1 unspecified atom stereocenters. The number of fused-ring (bicyclic) bond motifs is 1. The van der Waals surface area contributed by atoms with Crippen molar-refractivity contribution in [2.45, 2.75) is 40.5 Å². The number of carbonyl (C=O) groups excluding carboxylic acids is 2. The van der Waals surface area contributed by atoms with E-state index < -0.39 is 17.5 Å². The Balaban J connectivity index is 1.54. The van der Waals surface area contributed by atoms with Crippen LogP contribution in [0, 0.1) is 12.8 Å². The lowest BCUT2D eigenvalue weighted by Gasteiger charge is -2.15. The molecule has 1 aromatic heterocycles. The van der Waals surface area contributed by atoms with E-state index in [1.54, 1.807) is 24.3 Å². The molecular weight excluding hydrogens is 484 g/mol. The van der Waals surface area contributed by atoms with Gasteiger partial charge in [-0.3, -0.25) is 9.59 Å². The number of benzene rings is 2. The molecule has 8 nitrogen and oxygen atoms in total. The minimum atomic E-state index is -0.648. The van der Waals surface area contributed by atoms with E-state index in [2.05, 4.69) is 17.3 Å². The molecule has 2 aromatic carbocycles. The molecule has 38 heavy (non-hydrogen) atoms. The van der Waals surface area contributed by atoms with Gasteiger partial charge in [0.25, 0.3) is 5.91 Å². The standard InChI is InChI=1S/C30H34N2O6/c1-18(2)6-7-22-14-24(9-11-27(22)37-20(4)33)29(34)31-25-15-23-8-10-26(19(3)28(23)38-30(25)35)36-17-21-12-13-32(5)16-21/h6,8-11,14-15,21H,7,12-13,16-17H2,1-5H3,(H,31,34). The third-order valence-electron chi connectivity index (χ3n) is 6.62. The van der Waals surface area contributed by atoms with Crippen LogP contribution >= 0.6 is 0 Å². The van der Waals surface area contributed by atoms with Crippen molar-refractivity contribution in [3.63, 3.8) is 0 Å². The van der Waals surface area contributed by atoms with Gasteiger partial charge in [-0.15, -0.1) is 0 Å². The Morgan fingerprint density at radius 2 is 1.89 bits per heavy atom. The summed E-state index contributed by atoms with van der Waals surface area (Å²) in [7, 11) is 2.11. The van der Waals surface area contributed by atoms with Gasteiger partial charge in [-0.1, -0.05) is 11.6 Å². The number of anilines is 1. The first kappa shape index (κ1) is 27.1. The molecule has 2 heterocycles. The maximum Gasteiger partial charge on any atom is 0.360 e. The van der Waals surface area contributed by atoms with Gasteiger partial charge in [-0.05, 0) is 89.2 Å². The summed E-state index contributed by atoms with van der Waals surface area (Å²) in [5.41, 5.74) is 2.68. The van der Waals surface area contributed by atoms with Crippen molar-refractivity contribution in [3.05, 3.63) is 75.2 Å². The van der Waals surface area contributed by atoms with Crippen LogP contribution in [-0.4, -0.2) is 43.5 Å². The number of amides is 1. The Kier molecular flexibility index (Phi) is 8.32. The lowest BCUT2D eigenvalue weighted by atomic mass is 10.0. The highest BCUT2D eigenvalue weighted by Gasteiger charge is 2.21. The van der Waals surface area contributed by atoms with Crippen molar-refractivity contribution in [3.8, 4) is 11.5 Å². The predicted octanol–water partition coefficient (Wildman–Crippen LogP) is 5.12. The number of allylic oxidation sites excluding steroid dienone is 2. The number of esters is 1. The molecule has 8 heteroatoms. The van der Waals surface area contributed by atoms with Crippen LogP contribution in [0.4, 0.5) is 5.69 Å². The van der Waals surface area contributed by atoms with Gasteiger partial charge >= 0.3 is 11.6 Å². The van der Waals surface area contributed by atoms with Crippen LogP contribution in [0.5, 0.6) is 11.5 Å². The Bertz CT molecular complexity index is 1450. The van der Waals surface area contributed by atoms with E-state index >= 15 is 0 Å². The third kappa shape index (κ3) is 6.50. The van der Waals surface area contributed by atoms with Crippen molar-refractivity contribution in [2.75, 3.05) is 32.1 Å². The van der Waals surface area contributed by atoms with Crippen molar-refractivity contribution >= 4 is 28.5 Å². The molecule has 1 aliphatic rings. The van der Waals surface area contributed by atoms with Crippen molar-refractivity contribution in [1.82, 2.24) is 4.90 Å². The lowest BCUT2D eigenvalue weighted by Crippen LogP contribution is -2.19. The second kappa shape index (κ2) is 11.6. The zero-order valence-corrected chi connectivity index (χ0v) is 22.6. The molecular formula is C30H34N2O6. The first-order valence-corrected chi connectivity index (χ1v) is 12.8. The molecule has 1 N–H and O–H groups in total. The molecule has 4 rings (SSSR count). The summed E-state index contributed by atoms with van der Waals surface area (Å²) in [5.74, 6) is 0.645. The van der Waals surface area contributed by atoms with Crippen LogP contribution in [0.25, 0.3) is 11.0 Å². The summed E-state index contributed by atoms with van der Waals surface area (Å²) in [5, 5.41) is 3.35. The van der Waals surface area contributed by atoms with Crippen molar-refractivity contribution in [1.29, 1.82) is 0 Å². The fourth-order valence-electron chi connectivity index (χ4n) is 4.56. The Morgan fingerprint density at radius 1 is 1.13 bits per heavy atom. The summed E-state index contributed by atoms with van der Waals surface area (Å²) in [6.07, 6.45) is 3.57. The van der Waals surface area contributed by atoms with E-state index in [1.165, 1.54) is 6.92 Å². The summed E-state index contributed by atoms with van der Waals surface area (Å²) in [6, 6.07) is 10.1. The third-order valence-corrected chi connectivity index (χ3v) is 6.62. The SMILES string of the molecule is CC(=O)Oc1ccc(C(=O)Nc2cc3ccc(OCC4CCN(C)C4)c(C)c3oc2=O)cc1CC=C(C)C. The zero-order chi connectivity index (χ0) is 27.4. The van der Waals surface area contributed by atoms with Crippen LogP contribution in [-0.2, 0) is 11.2 Å². The second-order valence-corrected chi connectivity index (χ2v) is 10.1. The van der Waals surface area contributed by atoms with E-state index in [1.807, 2.05) is 39.0 Å². The molecule has 1 aliphatic heterocycles. The lowest BCUT2D eigenvalue weighted by molar-refractivity contribution is -0.131. The van der Waals surface area contributed by atoms with Crippen LogP contribution in [0.1, 0.15) is 48.7 Å². The molecule has 200 valence electrons. The number of ether oxygens (including phenoxy) is 2. The first-order chi connectivity index (χ1) is 18.1. The molecule has 1 saturated heterocycles. The number of nitrogens with one attached hydrogen (secondary N) is 1. The molecule has 0 radical (unpaired) electrons. The van der Waals surface area contributed by atoms with Gasteiger partial charge in [-0.2, -0.15) is 0 Å². The van der Waals surface area contributed by atoms with Gasteiger partial charge in [0.15, 0.2) is 0 Å². The van der Waals surface area contributed by atoms with Crippen molar-refractivity contribution in [2.24, 2.45) is 5.92 Å². The molecule has 0 bridgehead atoms. The fourth-order valence-corrected chi connectivity index (χ4v) is 4.56. The van der Waals surface area contributed by atoms with Gasteiger partial charge in [0.1, 0.15) is 22.8 Å². The first-order valence-electron chi connectivity index (χ1n) is 12.8. The second-order valence-electron chi connectivity index (χ2n) is 10.1. The number of aryl methyl sites for hydroxylation is 1. The van der Waals surface area contributed by atoms with Gasteiger partial charge in [0.05, 0.1) is 6.61 Å². The number of hydrogen-bond donors (Lipinski definition) is 1. The Hall–Kier alpha value is -3.91. The van der Waals surface area contributed by atoms with Crippen LogP contribution in [0.15, 0.2) is 57.3 Å². The number of rotatable bonds is 8. The maximum absolute atomic E-state index is 13.0. The van der Waals surface area contributed by atoms with Crippen molar-refractivity contribution < 1.29 is 23.5 Å². The number of carbonyl (C=O) groups is 2.